The Labute approximate surface area is 120 Å². The first-order valence-corrected chi connectivity index (χ1v) is 8.39. The van der Waals surface area contributed by atoms with E-state index in [1.165, 1.54) is 13.5 Å². The van der Waals surface area contributed by atoms with Crippen LogP contribution >= 0.6 is 0 Å². The first kappa shape index (κ1) is 15.3. The fraction of sp³-hybridized carbons (Fsp3) is 0.571. The predicted octanol–water partition coefficient (Wildman–Crippen LogP) is 1.42. The quantitative estimate of drug-likeness (QED) is 0.833. The van der Waals surface area contributed by atoms with Crippen LogP contribution in [0.1, 0.15) is 24.8 Å². The van der Waals surface area contributed by atoms with Crippen molar-refractivity contribution in [1.82, 2.24) is 10.0 Å². The smallest absolute Gasteiger partial charge is 0.244 e. The Hall–Kier alpha value is -1.11. The molecule has 1 aliphatic rings. The van der Waals surface area contributed by atoms with Crippen LogP contribution in [0.3, 0.4) is 0 Å². The molecule has 1 fully saturated rings. The van der Waals surface area contributed by atoms with Gasteiger partial charge in [-0.2, -0.15) is 0 Å². The van der Waals surface area contributed by atoms with E-state index in [0.717, 1.165) is 24.9 Å². The molecule has 1 unspecified atom stereocenters. The minimum Gasteiger partial charge on any atom is -0.495 e. The number of hydrogen-bond acceptors (Lipinski definition) is 4. The van der Waals surface area contributed by atoms with Crippen molar-refractivity contribution in [3.63, 3.8) is 0 Å². The van der Waals surface area contributed by atoms with Crippen LogP contribution in [0.4, 0.5) is 0 Å². The van der Waals surface area contributed by atoms with E-state index in [9.17, 15) is 8.42 Å². The SMILES string of the molecule is COc1ccc(C)cc1S(=O)(=O)NCCC1CCCN1. The molecular weight excluding hydrogens is 276 g/mol. The standard InChI is InChI=1S/C14H22N2O3S/c1-11-5-6-13(19-2)14(10-11)20(17,18)16-9-7-12-4-3-8-15-12/h5-6,10,12,15-16H,3-4,7-9H2,1-2H3. The highest BCUT2D eigenvalue weighted by Crippen LogP contribution is 2.24. The summed E-state index contributed by atoms with van der Waals surface area (Å²) in [5.41, 5.74) is 0.892. The van der Waals surface area contributed by atoms with Crippen molar-refractivity contribution in [2.75, 3.05) is 20.2 Å². The Morgan fingerprint density at radius 2 is 2.25 bits per heavy atom. The number of methoxy groups -OCH3 is 1. The van der Waals surface area contributed by atoms with Gasteiger partial charge < -0.3 is 10.1 Å². The van der Waals surface area contributed by atoms with Crippen LogP contribution in [0.25, 0.3) is 0 Å². The van der Waals surface area contributed by atoms with E-state index in [2.05, 4.69) is 10.0 Å². The zero-order valence-electron chi connectivity index (χ0n) is 12.0. The molecule has 1 saturated heterocycles. The molecule has 0 saturated carbocycles. The summed E-state index contributed by atoms with van der Waals surface area (Å²) in [4.78, 5) is 0.208. The highest BCUT2D eigenvalue weighted by atomic mass is 32.2. The second-order valence-electron chi connectivity index (χ2n) is 5.13. The second-order valence-corrected chi connectivity index (χ2v) is 6.87. The number of ether oxygens (including phenoxy) is 1. The van der Waals surface area contributed by atoms with Crippen LogP contribution in [0.5, 0.6) is 5.75 Å². The molecule has 112 valence electrons. The van der Waals surface area contributed by atoms with Crippen molar-refractivity contribution in [2.45, 2.75) is 37.1 Å². The number of aryl methyl sites for hydroxylation is 1. The van der Waals surface area contributed by atoms with Crippen LogP contribution in [0, 0.1) is 6.92 Å². The zero-order valence-corrected chi connectivity index (χ0v) is 12.8. The molecule has 0 aromatic heterocycles. The third-order valence-corrected chi connectivity index (χ3v) is 5.04. The lowest BCUT2D eigenvalue weighted by atomic mass is 10.2. The Kier molecular flexibility index (Phi) is 5.01. The third kappa shape index (κ3) is 3.71. The van der Waals surface area contributed by atoms with Gasteiger partial charge in [-0.15, -0.1) is 0 Å². The van der Waals surface area contributed by atoms with Crippen LogP contribution < -0.4 is 14.8 Å². The molecule has 6 heteroatoms. The molecule has 2 rings (SSSR count). The van der Waals surface area contributed by atoms with E-state index in [1.807, 2.05) is 13.0 Å². The number of benzene rings is 1. The van der Waals surface area contributed by atoms with E-state index in [-0.39, 0.29) is 4.90 Å². The number of hydrogen-bond donors (Lipinski definition) is 2. The molecule has 0 spiro atoms. The lowest BCUT2D eigenvalue weighted by Gasteiger charge is -2.13. The fourth-order valence-corrected chi connectivity index (χ4v) is 3.74. The molecule has 1 aromatic carbocycles. The average Bonchev–Trinajstić information content (AvgIpc) is 2.91. The van der Waals surface area contributed by atoms with Gasteiger partial charge in [-0.05, 0) is 50.4 Å². The van der Waals surface area contributed by atoms with Crippen LogP contribution in [0.2, 0.25) is 0 Å². The van der Waals surface area contributed by atoms with Gasteiger partial charge in [-0.1, -0.05) is 6.07 Å². The maximum absolute atomic E-state index is 12.3. The van der Waals surface area contributed by atoms with Crippen LogP contribution in [0.15, 0.2) is 23.1 Å². The van der Waals surface area contributed by atoms with Crippen molar-refractivity contribution in [2.24, 2.45) is 0 Å². The van der Waals surface area contributed by atoms with Gasteiger partial charge in [0, 0.05) is 12.6 Å². The number of rotatable bonds is 6. The monoisotopic (exact) mass is 298 g/mol. The Balaban J connectivity index is 2.03. The van der Waals surface area contributed by atoms with Gasteiger partial charge in [-0.3, -0.25) is 0 Å². The minimum absolute atomic E-state index is 0.208. The summed E-state index contributed by atoms with van der Waals surface area (Å²) in [6, 6.07) is 5.58. The average molecular weight is 298 g/mol. The molecule has 5 nitrogen and oxygen atoms in total. The lowest BCUT2D eigenvalue weighted by molar-refractivity contribution is 0.402. The van der Waals surface area contributed by atoms with Gasteiger partial charge in [0.15, 0.2) is 0 Å². The molecule has 1 aliphatic heterocycles. The highest BCUT2D eigenvalue weighted by Gasteiger charge is 2.20. The molecule has 0 amide bonds. The Bertz CT molecular complexity index is 552. The topological polar surface area (TPSA) is 67.4 Å². The van der Waals surface area contributed by atoms with E-state index < -0.39 is 10.0 Å². The van der Waals surface area contributed by atoms with Crippen molar-refractivity contribution in [3.05, 3.63) is 23.8 Å². The summed E-state index contributed by atoms with van der Waals surface area (Å²) in [7, 11) is -2.04. The molecule has 20 heavy (non-hydrogen) atoms. The molecule has 1 heterocycles. The van der Waals surface area contributed by atoms with Crippen molar-refractivity contribution in [3.8, 4) is 5.75 Å². The maximum Gasteiger partial charge on any atom is 0.244 e. The summed E-state index contributed by atoms with van der Waals surface area (Å²) in [5.74, 6) is 0.377. The van der Waals surface area contributed by atoms with Crippen LogP contribution in [-0.4, -0.2) is 34.7 Å². The molecule has 0 bridgehead atoms. The summed E-state index contributed by atoms with van der Waals surface area (Å²) in [5, 5.41) is 3.35. The fourth-order valence-electron chi connectivity index (χ4n) is 2.44. The maximum atomic E-state index is 12.3. The van der Waals surface area contributed by atoms with E-state index in [4.69, 9.17) is 4.74 Å². The van der Waals surface area contributed by atoms with E-state index >= 15 is 0 Å². The Morgan fingerprint density at radius 3 is 2.90 bits per heavy atom. The van der Waals surface area contributed by atoms with Crippen molar-refractivity contribution < 1.29 is 13.2 Å². The van der Waals surface area contributed by atoms with Gasteiger partial charge in [0.1, 0.15) is 10.6 Å². The Morgan fingerprint density at radius 1 is 1.45 bits per heavy atom. The second kappa shape index (κ2) is 6.56. The summed E-state index contributed by atoms with van der Waals surface area (Å²) in [6.45, 7) is 3.33. The summed E-state index contributed by atoms with van der Waals surface area (Å²) >= 11 is 0. The molecule has 1 atom stereocenters. The van der Waals surface area contributed by atoms with Crippen molar-refractivity contribution in [1.29, 1.82) is 0 Å². The lowest BCUT2D eigenvalue weighted by Crippen LogP contribution is -2.30. The first-order valence-electron chi connectivity index (χ1n) is 6.90. The largest absolute Gasteiger partial charge is 0.495 e. The van der Waals surface area contributed by atoms with Crippen molar-refractivity contribution >= 4 is 10.0 Å². The van der Waals surface area contributed by atoms with Crippen LogP contribution in [-0.2, 0) is 10.0 Å². The van der Waals surface area contributed by atoms with E-state index in [1.54, 1.807) is 12.1 Å². The first-order chi connectivity index (χ1) is 9.53. The number of nitrogens with one attached hydrogen (secondary N) is 2. The summed E-state index contributed by atoms with van der Waals surface area (Å²) < 4.78 is 32.4. The number of sulfonamides is 1. The summed E-state index contributed by atoms with van der Waals surface area (Å²) in [6.07, 6.45) is 3.10. The van der Waals surface area contributed by atoms with Gasteiger partial charge in [0.25, 0.3) is 0 Å². The minimum atomic E-state index is -3.52. The van der Waals surface area contributed by atoms with E-state index in [0.29, 0.717) is 18.3 Å². The highest BCUT2D eigenvalue weighted by molar-refractivity contribution is 7.89. The van der Waals surface area contributed by atoms with Gasteiger partial charge in [0.2, 0.25) is 10.0 Å². The van der Waals surface area contributed by atoms with Gasteiger partial charge >= 0.3 is 0 Å². The normalized spacial score (nSPS) is 19.2. The zero-order chi connectivity index (χ0) is 14.6. The predicted molar refractivity (Wildman–Crippen MR) is 78.6 cm³/mol. The molecule has 0 radical (unpaired) electrons. The molecule has 1 aromatic rings. The molecule has 0 aliphatic carbocycles. The molecule has 2 N–H and O–H groups in total. The molecular formula is C14H22N2O3S. The van der Waals surface area contributed by atoms with Gasteiger partial charge in [0.05, 0.1) is 7.11 Å². The van der Waals surface area contributed by atoms with Gasteiger partial charge in [-0.25, -0.2) is 13.1 Å². The third-order valence-electron chi connectivity index (χ3n) is 3.56.